The minimum absolute atomic E-state index is 0.220. The lowest BCUT2D eigenvalue weighted by molar-refractivity contribution is -0.0449. The van der Waals surface area contributed by atoms with E-state index in [4.69, 9.17) is 0 Å². The Balaban J connectivity index is 1.61. The Morgan fingerprint density at radius 1 is 1.36 bits per heavy atom. The highest BCUT2D eigenvalue weighted by Crippen LogP contribution is 2.41. The number of benzene rings is 1. The zero-order valence-electron chi connectivity index (χ0n) is 12.7. The second-order valence-corrected chi connectivity index (χ2v) is 6.65. The summed E-state index contributed by atoms with van der Waals surface area (Å²) < 4.78 is 0. The van der Waals surface area contributed by atoms with Crippen LogP contribution in [0.25, 0.3) is 10.9 Å². The number of para-hydroxylation sites is 1. The number of fused-ring (bicyclic) bond motifs is 4. The van der Waals surface area contributed by atoms with Gasteiger partial charge in [-0.1, -0.05) is 24.3 Å². The minimum Gasteiger partial charge on any atom is -0.387 e. The topological polar surface area (TPSA) is 36.4 Å². The Morgan fingerprint density at radius 3 is 3.00 bits per heavy atom. The average molecular weight is 294 g/mol. The third kappa shape index (κ3) is 2.25. The fourth-order valence-corrected chi connectivity index (χ4v) is 4.18. The van der Waals surface area contributed by atoms with E-state index in [1.165, 1.54) is 6.42 Å². The quantitative estimate of drug-likeness (QED) is 0.883. The van der Waals surface area contributed by atoms with E-state index < -0.39 is 6.10 Å². The molecule has 4 unspecified atom stereocenters. The van der Waals surface area contributed by atoms with E-state index in [0.29, 0.717) is 11.8 Å². The second kappa shape index (κ2) is 5.49. The van der Waals surface area contributed by atoms with Crippen LogP contribution in [0.2, 0.25) is 0 Å². The Hall–Kier alpha value is -1.71. The number of aromatic nitrogens is 1. The Morgan fingerprint density at radius 2 is 2.23 bits per heavy atom. The van der Waals surface area contributed by atoms with Crippen LogP contribution in [0.1, 0.15) is 24.5 Å². The Kier molecular flexibility index (Phi) is 3.47. The summed E-state index contributed by atoms with van der Waals surface area (Å²) in [6.07, 6.45) is 5.77. The maximum atomic E-state index is 10.9. The van der Waals surface area contributed by atoms with Crippen molar-refractivity contribution in [2.45, 2.75) is 25.0 Å². The summed E-state index contributed by atoms with van der Waals surface area (Å²) >= 11 is 0. The summed E-state index contributed by atoms with van der Waals surface area (Å²) in [6.45, 7) is 6.10. The molecule has 2 bridgehead atoms. The van der Waals surface area contributed by atoms with Gasteiger partial charge in [0, 0.05) is 29.7 Å². The lowest BCUT2D eigenvalue weighted by Gasteiger charge is -2.50. The first kappa shape index (κ1) is 13.9. The lowest BCUT2D eigenvalue weighted by Crippen LogP contribution is -2.54. The van der Waals surface area contributed by atoms with E-state index in [9.17, 15) is 5.11 Å². The predicted octanol–water partition coefficient (Wildman–Crippen LogP) is 3.16. The first-order valence-electron chi connectivity index (χ1n) is 8.15. The molecule has 3 nitrogen and oxygen atoms in total. The Bertz CT molecular complexity index is 699. The van der Waals surface area contributed by atoms with Crippen molar-refractivity contribution >= 4 is 10.9 Å². The van der Waals surface area contributed by atoms with E-state index in [-0.39, 0.29) is 6.04 Å². The molecular formula is C19H22N2O. The molecule has 0 aliphatic carbocycles. The zero-order chi connectivity index (χ0) is 15.1. The fraction of sp³-hybridized carbons (Fsp3) is 0.421. The smallest absolute Gasteiger partial charge is 0.0960 e. The van der Waals surface area contributed by atoms with Gasteiger partial charge in [0.1, 0.15) is 0 Å². The molecule has 3 heteroatoms. The number of pyridine rings is 1. The third-order valence-electron chi connectivity index (χ3n) is 5.47. The second-order valence-electron chi connectivity index (χ2n) is 6.65. The van der Waals surface area contributed by atoms with Gasteiger partial charge < -0.3 is 5.11 Å². The van der Waals surface area contributed by atoms with Gasteiger partial charge in [0.25, 0.3) is 0 Å². The SMILES string of the molecule is C=CC1CN2CCC1CC2[C@@H](O)c1cnc2ccccc2c1. The molecule has 4 heterocycles. The van der Waals surface area contributed by atoms with Crippen LogP contribution in [0.4, 0.5) is 0 Å². The highest BCUT2D eigenvalue weighted by atomic mass is 16.3. The molecule has 1 N–H and O–H groups in total. The molecule has 0 saturated carbocycles. The minimum atomic E-state index is -0.453. The normalized spacial score (nSPS) is 32.0. The van der Waals surface area contributed by atoms with Crippen molar-refractivity contribution in [1.29, 1.82) is 0 Å². The molecule has 3 aliphatic heterocycles. The number of piperidine rings is 3. The van der Waals surface area contributed by atoms with E-state index in [1.807, 2.05) is 24.4 Å². The molecular weight excluding hydrogens is 272 g/mol. The van der Waals surface area contributed by atoms with Crippen LogP contribution < -0.4 is 0 Å². The number of aliphatic hydroxyl groups excluding tert-OH is 1. The van der Waals surface area contributed by atoms with Crippen LogP contribution in [-0.2, 0) is 0 Å². The average Bonchev–Trinajstić information content (AvgIpc) is 2.60. The molecule has 1 aromatic carbocycles. The van der Waals surface area contributed by atoms with Crippen molar-refractivity contribution in [3.05, 3.63) is 54.7 Å². The summed E-state index contributed by atoms with van der Waals surface area (Å²) in [5, 5.41) is 12.0. The number of hydrogen-bond acceptors (Lipinski definition) is 3. The molecule has 0 spiro atoms. The largest absolute Gasteiger partial charge is 0.387 e. The molecule has 0 radical (unpaired) electrons. The summed E-state index contributed by atoms with van der Waals surface area (Å²) in [5.74, 6) is 1.27. The standard InChI is InChI=1S/C19H22N2O/c1-2-13-12-21-8-7-14(13)10-18(21)19(22)16-9-15-5-3-4-6-17(15)20-11-16/h2-6,9,11,13-14,18-19,22H,1,7-8,10,12H2/t13?,14?,18?,19-/m0/s1. The number of rotatable bonds is 3. The van der Waals surface area contributed by atoms with Gasteiger partial charge in [-0.3, -0.25) is 9.88 Å². The van der Waals surface area contributed by atoms with Gasteiger partial charge in [-0.05, 0) is 43.4 Å². The molecule has 0 amide bonds. The van der Waals surface area contributed by atoms with Crippen molar-refractivity contribution in [2.24, 2.45) is 11.8 Å². The maximum absolute atomic E-state index is 10.9. The molecule has 3 saturated heterocycles. The highest BCUT2D eigenvalue weighted by Gasteiger charge is 2.42. The summed E-state index contributed by atoms with van der Waals surface area (Å²) in [6, 6.07) is 10.4. The zero-order valence-corrected chi connectivity index (χ0v) is 12.7. The first-order chi connectivity index (χ1) is 10.8. The van der Waals surface area contributed by atoms with Gasteiger partial charge in [-0.15, -0.1) is 6.58 Å². The van der Waals surface area contributed by atoms with Gasteiger partial charge in [0.05, 0.1) is 11.6 Å². The molecule has 3 fully saturated rings. The summed E-state index contributed by atoms with van der Waals surface area (Å²) in [4.78, 5) is 6.93. The van der Waals surface area contributed by atoms with E-state index in [2.05, 4.69) is 34.7 Å². The maximum Gasteiger partial charge on any atom is 0.0960 e. The van der Waals surface area contributed by atoms with Crippen molar-refractivity contribution in [2.75, 3.05) is 13.1 Å². The number of hydrogen-bond donors (Lipinski definition) is 1. The first-order valence-corrected chi connectivity index (χ1v) is 8.15. The van der Waals surface area contributed by atoms with E-state index >= 15 is 0 Å². The van der Waals surface area contributed by atoms with Crippen molar-refractivity contribution in [1.82, 2.24) is 9.88 Å². The molecule has 22 heavy (non-hydrogen) atoms. The van der Waals surface area contributed by atoms with E-state index in [0.717, 1.165) is 36.0 Å². The lowest BCUT2D eigenvalue weighted by atomic mass is 9.74. The van der Waals surface area contributed by atoms with Gasteiger partial charge in [0.15, 0.2) is 0 Å². The Labute approximate surface area is 131 Å². The van der Waals surface area contributed by atoms with Crippen molar-refractivity contribution in [3.8, 4) is 0 Å². The van der Waals surface area contributed by atoms with Crippen molar-refractivity contribution < 1.29 is 5.11 Å². The van der Waals surface area contributed by atoms with Gasteiger partial charge >= 0.3 is 0 Å². The molecule has 5 rings (SSSR count). The fourth-order valence-electron chi connectivity index (χ4n) is 4.18. The van der Waals surface area contributed by atoms with Gasteiger partial charge in [-0.25, -0.2) is 0 Å². The van der Waals surface area contributed by atoms with Crippen LogP contribution in [0.5, 0.6) is 0 Å². The number of nitrogens with zero attached hydrogens (tertiary/aromatic N) is 2. The van der Waals surface area contributed by atoms with Crippen LogP contribution in [0.3, 0.4) is 0 Å². The van der Waals surface area contributed by atoms with Crippen LogP contribution in [-0.4, -0.2) is 34.1 Å². The monoisotopic (exact) mass is 294 g/mol. The summed E-state index contributed by atoms with van der Waals surface area (Å²) in [7, 11) is 0. The molecule has 114 valence electrons. The summed E-state index contributed by atoms with van der Waals surface area (Å²) in [5.41, 5.74) is 1.92. The van der Waals surface area contributed by atoms with Crippen LogP contribution in [0, 0.1) is 11.8 Å². The van der Waals surface area contributed by atoms with E-state index in [1.54, 1.807) is 0 Å². The van der Waals surface area contributed by atoms with Crippen LogP contribution >= 0.6 is 0 Å². The molecule has 2 aromatic rings. The number of aliphatic hydroxyl groups is 1. The van der Waals surface area contributed by atoms with Crippen LogP contribution in [0.15, 0.2) is 49.2 Å². The van der Waals surface area contributed by atoms with Crippen molar-refractivity contribution in [3.63, 3.8) is 0 Å². The molecule has 1 aromatic heterocycles. The highest BCUT2D eigenvalue weighted by molar-refractivity contribution is 5.78. The third-order valence-corrected chi connectivity index (χ3v) is 5.47. The molecule has 3 aliphatic rings. The molecule has 5 atom stereocenters. The predicted molar refractivity (Wildman–Crippen MR) is 88.5 cm³/mol. The van der Waals surface area contributed by atoms with Gasteiger partial charge in [-0.2, -0.15) is 0 Å². The van der Waals surface area contributed by atoms with Gasteiger partial charge in [0.2, 0.25) is 0 Å².